The van der Waals surface area contributed by atoms with Crippen LogP contribution in [0.3, 0.4) is 0 Å². The van der Waals surface area contributed by atoms with Gasteiger partial charge < -0.3 is 0 Å². The van der Waals surface area contributed by atoms with Gasteiger partial charge in [0, 0.05) is 17.5 Å². The Morgan fingerprint density at radius 2 is 1.42 bits per heavy atom. The molecule has 0 radical (unpaired) electrons. The van der Waals surface area contributed by atoms with Crippen molar-refractivity contribution in [3.63, 3.8) is 0 Å². The lowest BCUT2D eigenvalue weighted by molar-refractivity contribution is 0.447. The van der Waals surface area contributed by atoms with Gasteiger partial charge in [0.2, 0.25) is 0 Å². The Balaban J connectivity index is 1.80. The topological polar surface area (TPSA) is 0 Å². The van der Waals surface area contributed by atoms with Gasteiger partial charge >= 0.3 is 0 Å². The zero-order valence-corrected chi connectivity index (χ0v) is 14.2. The van der Waals surface area contributed by atoms with Crippen LogP contribution in [0.5, 0.6) is 0 Å². The first-order valence-electron chi connectivity index (χ1n) is 8.58. The molecule has 3 aromatic rings. The monoisotopic (exact) mass is 356 g/mol. The molecule has 26 heavy (non-hydrogen) atoms. The van der Waals surface area contributed by atoms with Gasteiger partial charge in [-0.1, -0.05) is 43.7 Å². The summed E-state index contributed by atoms with van der Waals surface area (Å²) in [4.78, 5) is 0. The molecule has 0 fully saturated rings. The van der Waals surface area contributed by atoms with Crippen LogP contribution in [0.4, 0.5) is 17.6 Å². The van der Waals surface area contributed by atoms with Crippen LogP contribution in [0, 0.1) is 23.3 Å². The number of benzene rings is 3. The van der Waals surface area contributed by atoms with E-state index in [0.29, 0.717) is 12.0 Å². The van der Waals surface area contributed by atoms with Crippen molar-refractivity contribution in [3.8, 4) is 22.3 Å². The highest BCUT2D eigenvalue weighted by atomic mass is 19.2. The molecule has 1 aliphatic carbocycles. The number of aryl methyl sites for hydroxylation is 1. The van der Waals surface area contributed by atoms with Gasteiger partial charge in [-0.2, -0.15) is 0 Å². The summed E-state index contributed by atoms with van der Waals surface area (Å²) in [6.45, 7) is 2.11. The zero-order valence-electron chi connectivity index (χ0n) is 14.2. The van der Waals surface area contributed by atoms with E-state index in [2.05, 4.69) is 13.0 Å². The molecule has 0 unspecified atom stereocenters. The van der Waals surface area contributed by atoms with E-state index in [1.165, 1.54) is 11.6 Å². The molecule has 0 aliphatic heterocycles. The summed E-state index contributed by atoms with van der Waals surface area (Å²) in [7, 11) is 0. The highest BCUT2D eigenvalue weighted by molar-refractivity contribution is 5.81. The molecule has 0 bridgehead atoms. The fraction of sp³-hybridized carbons (Fsp3) is 0.182. The first-order valence-corrected chi connectivity index (χ1v) is 8.58. The lowest BCUT2D eigenvalue weighted by Gasteiger charge is -2.09. The quantitative estimate of drug-likeness (QED) is 0.293. The van der Waals surface area contributed by atoms with Gasteiger partial charge in [-0.05, 0) is 46.4 Å². The molecule has 1 aliphatic rings. The second kappa shape index (κ2) is 6.27. The van der Waals surface area contributed by atoms with Crippen LogP contribution in [-0.4, -0.2) is 0 Å². The third kappa shape index (κ3) is 2.61. The van der Waals surface area contributed by atoms with Crippen molar-refractivity contribution < 1.29 is 17.6 Å². The van der Waals surface area contributed by atoms with Gasteiger partial charge in [-0.15, -0.1) is 0 Å². The minimum absolute atomic E-state index is 0.00988. The molecule has 0 saturated heterocycles. The maximum Gasteiger partial charge on any atom is 0.194 e. The number of halogens is 4. The van der Waals surface area contributed by atoms with Gasteiger partial charge in [0.25, 0.3) is 0 Å². The van der Waals surface area contributed by atoms with Crippen LogP contribution in [0.1, 0.15) is 30.0 Å². The van der Waals surface area contributed by atoms with E-state index < -0.39 is 23.3 Å². The van der Waals surface area contributed by atoms with E-state index in [1.807, 2.05) is 12.1 Å². The van der Waals surface area contributed by atoms with E-state index in [-0.39, 0.29) is 11.1 Å². The molecule has 0 aromatic heterocycles. The number of hydrogen-bond donors (Lipinski definition) is 0. The summed E-state index contributed by atoms with van der Waals surface area (Å²) >= 11 is 0. The molecule has 0 N–H and O–H groups in total. The van der Waals surface area contributed by atoms with Gasteiger partial charge in [-0.25, -0.2) is 17.6 Å². The first-order chi connectivity index (χ1) is 12.5. The molecule has 0 spiro atoms. The SMILES string of the molecule is CCCc1ccc2c(c1)Cc1c-2ccc(-c2cc(F)c(F)c(F)c2)c1F. The molecule has 0 heterocycles. The van der Waals surface area contributed by atoms with Crippen molar-refractivity contribution in [2.75, 3.05) is 0 Å². The van der Waals surface area contributed by atoms with E-state index in [0.717, 1.165) is 41.7 Å². The number of rotatable bonds is 3. The third-order valence-electron chi connectivity index (χ3n) is 4.90. The summed E-state index contributed by atoms with van der Waals surface area (Å²) in [5, 5.41) is 0. The minimum atomic E-state index is -1.55. The summed E-state index contributed by atoms with van der Waals surface area (Å²) in [5.74, 6) is -4.72. The van der Waals surface area contributed by atoms with Crippen LogP contribution < -0.4 is 0 Å². The van der Waals surface area contributed by atoms with Crippen molar-refractivity contribution in [2.45, 2.75) is 26.2 Å². The standard InChI is InChI=1S/C22H16F4/c1-2-3-12-4-5-15-13(8-12)9-18-17(15)7-6-16(21(18)25)14-10-19(23)22(26)20(24)11-14/h4-8,10-11H,2-3,9H2,1H3. The largest absolute Gasteiger partial charge is 0.206 e. The van der Waals surface area contributed by atoms with E-state index in [1.54, 1.807) is 6.07 Å². The molecule has 0 nitrogen and oxygen atoms in total. The van der Waals surface area contributed by atoms with Crippen LogP contribution in [0.2, 0.25) is 0 Å². The molecule has 0 amide bonds. The fourth-order valence-corrected chi connectivity index (χ4v) is 3.67. The third-order valence-corrected chi connectivity index (χ3v) is 4.90. The maximum atomic E-state index is 15.1. The smallest absolute Gasteiger partial charge is 0.194 e. The number of fused-ring (bicyclic) bond motifs is 3. The highest BCUT2D eigenvalue weighted by Crippen LogP contribution is 2.41. The predicted octanol–water partition coefficient (Wildman–Crippen LogP) is 6.43. The Morgan fingerprint density at radius 1 is 0.769 bits per heavy atom. The van der Waals surface area contributed by atoms with Crippen molar-refractivity contribution in [1.82, 2.24) is 0 Å². The molecule has 4 heteroatoms. The fourth-order valence-electron chi connectivity index (χ4n) is 3.67. The first kappa shape index (κ1) is 16.8. The zero-order chi connectivity index (χ0) is 18.4. The normalized spacial score (nSPS) is 12.2. The summed E-state index contributed by atoms with van der Waals surface area (Å²) < 4.78 is 55.3. The molecule has 4 rings (SSSR count). The lowest BCUT2D eigenvalue weighted by atomic mass is 9.97. The average molecular weight is 356 g/mol. The van der Waals surface area contributed by atoms with Gasteiger partial charge in [0.1, 0.15) is 5.82 Å². The van der Waals surface area contributed by atoms with Crippen LogP contribution in [0.25, 0.3) is 22.3 Å². The minimum Gasteiger partial charge on any atom is -0.206 e. The Kier molecular flexibility index (Phi) is 4.06. The molecule has 3 aromatic carbocycles. The number of hydrogen-bond acceptors (Lipinski definition) is 0. The summed E-state index contributed by atoms with van der Waals surface area (Å²) in [6.07, 6.45) is 2.44. The summed E-state index contributed by atoms with van der Waals surface area (Å²) in [5.41, 5.74) is 4.62. The Bertz CT molecular complexity index is 998. The van der Waals surface area contributed by atoms with Crippen molar-refractivity contribution in [1.29, 1.82) is 0 Å². The molecule has 132 valence electrons. The van der Waals surface area contributed by atoms with Gasteiger partial charge in [-0.3, -0.25) is 0 Å². The van der Waals surface area contributed by atoms with Gasteiger partial charge in [0.05, 0.1) is 0 Å². The van der Waals surface area contributed by atoms with E-state index >= 15 is 4.39 Å². The molecule has 0 saturated carbocycles. The maximum absolute atomic E-state index is 15.1. The average Bonchev–Trinajstić information content (AvgIpc) is 2.99. The highest BCUT2D eigenvalue weighted by Gasteiger charge is 2.25. The van der Waals surface area contributed by atoms with Crippen molar-refractivity contribution in [3.05, 3.63) is 82.4 Å². The second-order valence-electron chi connectivity index (χ2n) is 6.63. The molecular weight excluding hydrogens is 340 g/mol. The molecular formula is C22H16F4. The Labute approximate surface area is 149 Å². The van der Waals surface area contributed by atoms with Crippen LogP contribution in [-0.2, 0) is 12.8 Å². The van der Waals surface area contributed by atoms with Crippen LogP contribution in [0.15, 0.2) is 42.5 Å². The predicted molar refractivity (Wildman–Crippen MR) is 93.9 cm³/mol. The Morgan fingerprint density at radius 3 is 2.12 bits per heavy atom. The van der Waals surface area contributed by atoms with Gasteiger partial charge in [0.15, 0.2) is 17.5 Å². The summed E-state index contributed by atoms with van der Waals surface area (Å²) in [6, 6.07) is 11.1. The molecule has 0 atom stereocenters. The van der Waals surface area contributed by atoms with Crippen LogP contribution >= 0.6 is 0 Å². The van der Waals surface area contributed by atoms with E-state index in [9.17, 15) is 13.2 Å². The van der Waals surface area contributed by atoms with E-state index in [4.69, 9.17) is 0 Å². The second-order valence-corrected chi connectivity index (χ2v) is 6.63. The van der Waals surface area contributed by atoms with Crippen molar-refractivity contribution >= 4 is 0 Å². The lowest BCUT2D eigenvalue weighted by Crippen LogP contribution is -1.96. The van der Waals surface area contributed by atoms with Crippen molar-refractivity contribution in [2.24, 2.45) is 0 Å². The Hall–Kier alpha value is -2.62.